The summed E-state index contributed by atoms with van der Waals surface area (Å²) in [5.41, 5.74) is 0. The summed E-state index contributed by atoms with van der Waals surface area (Å²) in [5, 5.41) is 17.3. The quantitative estimate of drug-likeness (QED) is 0.725. The van der Waals surface area contributed by atoms with Crippen LogP contribution in [0.1, 0.15) is 38.5 Å². The molecule has 0 aromatic rings. The van der Waals surface area contributed by atoms with Crippen LogP contribution in [0.5, 0.6) is 0 Å². The molecule has 0 saturated heterocycles. The number of carbonyl (C=O) groups is 1. The first kappa shape index (κ1) is 10.0. The standard InChI is InChI=1S/C10H15NO2/c11-7-9(10(12)13)6-8-4-2-1-3-5-8/h8-9H,1-6H2,(H,12,13)/t9-/m0/s1. The predicted octanol–water partition coefficient (Wildman–Crippen LogP) is 2.18. The zero-order chi connectivity index (χ0) is 9.68. The lowest BCUT2D eigenvalue weighted by Gasteiger charge is -2.21. The molecular weight excluding hydrogens is 166 g/mol. The molecule has 0 spiro atoms. The van der Waals surface area contributed by atoms with Gasteiger partial charge in [0.1, 0.15) is 5.92 Å². The van der Waals surface area contributed by atoms with Gasteiger partial charge >= 0.3 is 5.97 Å². The fourth-order valence-corrected chi connectivity index (χ4v) is 1.96. The first-order chi connectivity index (χ1) is 6.24. The summed E-state index contributed by atoms with van der Waals surface area (Å²) in [6.07, 6.45) is 6.41. The number of carboxylic acid groups (broad SMARTS) is 1. The Bertz CT molecular complexity index is 213. The largest absolute Gasteiger partial charge is 0.480 e. The Kier molecular flexibility index (Phi) is 3.75. The van der Waals surface area contributed by atoms with Gasteiger partial charge in [-0.1, -0.05) is 32.1 Å². The van der Waals surface area contributed by atoms with E-state index in [9.17, 15) is 4.79 Å². The number of aliphatic carboxylic acids is 1. The highest BCUT2D eigenvalue weighted by molar-refractivity contribution is 5.72. The molecule has 0 aromatic carbocycles. The van der Waals surface area contributed by atoms with Gasteiger partial charge in [0, 0.05) is 0 Å². The van der Waals surface area contributed by atoms with Crippen LogP contribution in [0.3, 0.4) is 0 Å². The Hall–Kier alpha value is -1.04. The summed E-state index contributed by atoms with van der Waals surface area (Å²) >= 11 is 0. The summed E-state index contributed by atoms with van der Waals surface area (Å²) in [5.74, 6) is -1.29. The molecule has 1 aliphatic carbocycles. The van der Waals surface area contributed by atoms with Gasteiger partial charge in [-0.05, 0) is 12.3 Å². The molecule has 1 fully saturated rings. The molecule has 1 rings (SSSR count). The minimum Gasteiger partial charge on any atom is -0.480 e. The summed E-state index contributed by atoms with van der Waals surface area (Å²) in [7, 11) is 0. The lowest BCUT2D eigenvalue weighted by Crippen LogP contribution is -2.17. The Labute approximate surface area is 78.4 Å². The van der Waals surface area contributed by atoms with Crippen LogP contribution in [0.4, 0.5) is 0 Å². The van der Waals surface area contributed by atoms with E-state index in [1.165, 1.54) is 19.3 Å². The molecule has 0 aromatic heterocycles. The van der Waals surface area contributed by atoms with Gasteiger partial charge in [-0.15, -0.1) is 0 Å². The summed E-state index contributed by atoms with van der Waals surface area (Å²) in [6.45, 7) is 0. The number of hydrogen-bond acceptors (Lipinski definition) is 2. The second-order valence-electron chi connectivity index (χ2n) is 3.76. The van der Waals surface area contributed by atoms with Gasteiger partial charge in [-0.2, -0.15) is 5.26 Å². The molecule has 1 N–H and O–H groups in total. The molecule has 0 amide bonds. The van der Waals surface area contributed by atoms with Crippen LogP contribution in [0.2, 0.25) is 0 Å². The maximum Gasteiger partial charge on any atom is 0.320 e. The number of carboxylic acids is 1. The maximum absolute atomic E-state index is 10.6. The van der Waals surface area contributed by atoms with Crippen molar-refractivity contribution in [3.05, 3.63) is 0 Å². The van der Waals surface area contributed by atoms with Gasteiger partial charge < -0.3 is 5.11 Å². The van der Waals surface area contributed by atoms with Crippen LogP contribution in [0, 0.1) is 23.2 Å². The fraction of sp³-hybridized carbons (Fsp3) is 0.800. The van der Waals surface area contributed by atoms with E-state index in [4.69, 9.17) is 10.4 Å². The van der Waals surface area contributed by atoms with E-state index in [0.717, 1.165) is 12.8 Å². The molecule has 3 heteroatoms. The first-order valence-electron chi connectivity index (χ1n) is 4.86. The predicted molar refractivity (Wildman–Crippen MR) is 47.9 cm³/mol. The Morgan fingerprint density at radius 1 is 1.46 bits per heavy atom. The molecule has 1 saturated carbocycles. The van der Waals surface area contributed by atoms with Gasteiger partial charge in [0.25, 0.3) is 0 Å². The van der Waals surface area contributed by atoms with Crippen molar-refractivity contribution in [2.24, 2.45) is 11.8 Å². The molecule has 0 aliphatic heterocycles. The van der Waals surface area contributed by atoms with Crippen molar-refractivity contribution in [3.63, 3.8) is 0 Å². The van der Waals surface area contributed by atoms with E-state index in [1.807, 2.05) is 6.07 Å². The van der Waals surface area contributed by atoms with E-state index in [-0.39, 0.29) is 0 Å². The Balaban J connectivity index is 2.37. The molecule has 0 heterocycles. The molecular formula is C10H15NO2. The van der Waals surface area contributed by atoms with Gasteiger partial charge in [0.05, 0.1) is 6.07 Å². The van der Waals surface area contributed by atoms with E-state index in [0.29, 0.717) is 12.3 Å². The highest BCUT2D eigenvalue weighted by Gasteiger charge is 2.23. The van der Waals surface area contributed by atoms with Crippen molar-refractivity contribution in [3.8, 4) is 6.07 Å². The molecule has 72 valence electrons. The van der Waals surface area contributed by atoms with Crippen LogP contribution < -0.4 is 0 Å². The van der Waals surface area contributed by atoms with Gasteiger partial charge in [0.15, 0.2) is 0 Å². The fourth-order valence-electron chi connectivity index (χ4n) is 1.96. The van der Waals surface area contributed by atoms with Crippen LogP contribution in [0.15, 0.2) is 0 Å². The maximum atomic E-state index is 10.6. The third-order valence-corrected chi connectivity index (χ3v) is 2.75. The average molecular weight is 181 g/mol. The zero-order valence-electron chi connectivity index (χ0n) is 7.70. The Morgan fingerprint density at radius 2 is 2.08 bits per heavy atom. The van der Waals surface area contributed by atoms with Crippen molar-refractivity contribution < 1.29 is 9.90 Å². The van der Waals surface area contributed by atoms with Crippen molar-refractivity contribution in [1.82, 2.24) is 0 Å². The van der Waals surface area contributed by atoms with Crippen LogP contribution in [0.25, 0.3) is 0 Å². The van der Waals surface area contributed by atoms with E-state index < -0.39 is 11.9 Å². The van der Waals surface area contributed by atoms with Gasteiger partial charge in [0.2, 0.25) is 0 Å². The van der Waals surface area contributed by atoms with E-state index >= 15 is 0 Å². The van der Waals surface area contributed by atoms with E-state index in [1.54, 1.807) is 0 Å². The summed E-state index contributed by atoms with van der Waals surface area (Å²) in [4.78, 5) is 10.6. The van der Waals surface area contributed by atoms with Crippen LogP contribution in [-0.2, 0) is 4.79 Å². The summed E-state index contributed by atoms with van der Waals surface area (Å²) in [6, 6.07) is 1.85. The van der Waals surface area contributed by atoms with Crippen LogP contribution in [-0.4, -0.2) is 11.1 Å². The minimum atomic E-state index is -0.965. The average Bonchev–Trinajstić information content (AvgIpc) is 2.15. The van der Waals surface area contributed by atoms with Crippen molar-refractivity contribution in [2.75, 3.05) is 0 Å². The topological polar surface area (TPSA) is 61.1 Å². The third kappa shape index (κ3) is 3.06. The van der Waals surface area contributed by atoms with Gasteiger partial charge in [-0.25, -0.2) is 0 Å². The molecule has 3 nitrogen and oxygen atoms in total. The lowest BCUT2D eigenvalue weighted by molar-refractivity contribution is -0.140. The molecule has 13 heavy (non-hydrogen) atoms. The van der Waals surface area contributed by atoms with Crippen LogP contribution >= 0.6 is 0 Å². The molecule has 1 atom stereocenters. The zero-order valence-corrected chi connectivity index (χ0v) is 7.70. The van der Waals surface area contributed by atoms with E-state index in [2.05, 4.69) is 0 Å². The van der Waals surface area contributed by atoms with Crippen molar-refractivity contribution in [1.29, 1.82) is 5.26 Å². The van der Waals surface area contributed by atoms with Crippen molar-refractivity contribution >= 4 is 5.97 Å². The third-order valence-electron chi connectivity index (χ3n) is 2.75. The second-order valence-corrected chi connectivity index (χ2v) is 3.76. The highest BCUT2D eigenvalue weighted by Crippen LogP contribution is 2.28. The summed E-state index contributed by atoms with van der Waals surface area (Å²) < 4.78 is 0. The normalized spacial score (nSPS) is 20.5. The first-order valence-corrected chi connectivity index (χ1v) is 4.86. The highest BCUT2D eigenvalue weighted by atomic mass is 16.4. The SMILES string of the molecule is N#C[C@H](CC1CCCCC1)C(=O)O. The number of nitrogens with zero attached hydrogens (tertiary/aromatic N) is 1. The lowest BCUT2D eigenvalue weighted by atomic mass is 9.83. The Morgan fingerprint density at radius 3 is 2.54 bits per heavy atom. The monoisotopic (exact) mass is 181 g/mol. The number of nitriles is 1. The minimum absolute atomic E-state index is 0.467. The molecule has 0 unspecified atom stereocenters. The smallest absolute Gasteiger partial charge is 0.320 e. The number of hydrogen-bond donors (Lipinski definition) is 1. The molecule has 0 bridgehead atoms. The molecule has 1 aliphatic rings. The van der Waals surface area contributed by atoms with Gasteiger partial charge in [-0.3, -0.25) is 4.79 Å². The van der Waals surface area contributed by atoms with Crippen molar-refractivity contribution in [2.45, 2.75) is 38.5 Å². The molecule has 0 radical (unpaired) electrons. The number of rotatable bonds is 3. The second kappa shape index (κ2) is 4.86.